The molecule has 33 heavy (non-hydrogen) atoms. The molecule has 0 bridgehead atoms. The maximum atomic E-state index is 12.9. The average molecular weight is 449 g/mol. The topological polar surface area (TPSA) is 144 Å². The smallest absolute Gasteiger partial charge is 0.357 e. The van der Waals surface area contributed by atoms with E-state index in [2.05, 4.69) is 5.10 Å². The number of Topliss-reactive ketones (excluding diaryl/α,β-unsaturated/α-hetero) is 1. The monoisotopic (exact) mass is 449 g/mol. The van der Waals surface area contributed by atoms with Gasteiger partial charge in [0.05, 0.1) is 12.0 Å². The van der Waals surface area contributed by atoms with Gasteiger partial charge in [-0.15, -0.1) is 0 Å². The highest BCUT2D eigenvalue weighted by atomic mass is 16.5. The summed E-state index contributed by atoms with van der Waals surface area (Å²) in [6.07, 6.45) is 1.48. The molecule has 0 unspecified atom stereocenters. The third-order valence-corrected chi connectivity index (χ3v) is 5.02. The van der Waals surface area contributed by atoms with E-state index in [9.17, 15) is 19.2 Å². The molecule has 3 aromatic heterocycles. The first kappa shape index (κ1) is 21.6. The van der Waals surface area contributed by atoms with Crippen LogP contribution in [0.1, 0.15) is 20.8 Å². The summed E-state index contributed by atoms with van der Waals surface area (Å²) in [5.74, 6) is -1.55. The van der Waals surface area contributed by atoms with E-state index in [1.165, 1.54) is 31.1 Å². The van der Waals surface area contributed by atoms with Crippen molar-refractivity contribution in [1.82, 2.24) is 18.9 Å². The first-order valence-electron chi connectivity index (χ1n) is 9.74. The van der Waals surface area contributed by atoms with Crippen LogP contribution in [0.3, 0.4) is 0 Å². The quantitative estimate of drug-likeness (QED) is 0.341. The first-order valence-corrected chi connectivity index (χ1v) is 9.74. The van der Waals surface area contributed by atoms with Crippen LogP contribution >= 0.6 is 0 Å². The number of para-hydroxylation sites is 1. The zero-order chi connectivity index (χ0) is 23.7. The number of hydrogen-bond acceptors (Lipinski definition) is 8. The summed E-state index contributed by atoms with van der Waals surface area (Å²) < 4.78 is 13.6. The Bertz CT molecular complexity index is 1460. The molecular formula is C22H19N5O6. The molecule has 0 radical (unpaired) electrons. The SMILES string of the molecule is Cn1c(N)c(C(=O)COC(=O)c2cc(-c3ccco3)nn2-c2ccccc2)c(=O)n(C)c1=O. The number of nitrogens with zero attached hydrogens (tertiary/aromatic N) is 4. The molecule has 1 aromatic carbocycles. The van der Waals surface area contributed by atoms with Gasteiger partial charge in [-0.05, 0) is 24.3 Å². The lowest BCUT2D eigenvalue weighted by Gasteiger charge is -2.11. The summed E-state index contributed by atoms with van der Waals surface area (Å²) in [5.41, 5.74) is 4.83. The number of ether oxygens (including phenoxy) is 1. The number of benzene rings is 1. The van der Waals surface area contributed by atoms with Crippen molar-refractivity contribution in [2.75, 3.05) is 12.3 Å². The molecule has 0 amide bonds. The van der Waals surface area contributed by atoms with Gasteiger partial charge < -0.3 is 14.9 Å². The molecular weight excluding hydrogens is 430 g/mol. The van der Waals surface area contributed by atoms with Gasteiger partial charge in [-0.1, -0.05) is 18.2 Å². The number of carbonyl (C=O) groups is 2. The van der Waals surface area contributed by atoms with Crippen LogP contribution in [-0.4, -0.2) is 37.3 Å². The summed E-state index contributed by atoms with van der Waals surface area (Å²) in [7, 11) is 2.55. The van der Waals surface area contributed by atoms with Crippen molar-refractivity contribution < 1.29 is 18.7 Å². The molecule has 2 N–H and O–H groups in total. The van der Waals surface area contributed by atoms with Gasteiger partial charge >= 0.3 is 11.7 Å². The Morgan fingerprint density at radius 3 is 2.45 bits per heavy atom. The second-order valence-corrected chi connectivity index (χ2v) is 7.10. The van der Waals surface area contributed by atoms with Crippen LogP contribution < -0.4 is 17.0 Å². The van der Waals surface area contributed by atoms with Crippen LogP contribution in [-0.2, 0) is 18.8 Å². The Hall–Kier alpha value is -4.67. The molecule has 3 heterocycles. The van der Waals surface area contributed by atoms with E-state index < -0.39 is 35.2 Å². The van der Waals surface area contributed by atoms with E-state index in [1.807, 2.05) is 6.07 Å². The van der Waals surface area contributed by atoms with E-state index in [-0.39, 0.29) is 11.5 Å². The molecule has 11 heteroatoms. The van der Waals surface area contributed by atoms with Gasteiger partial charge in [0, 0.05) is 20.2 Å². The predicted octanol–water partition coefficient (Wildman–Crippen LogP) is 1.15. The van der Waals surface area contributed by atoms with Gasteiger partial charge in [0.2, 0.25) is 5.78 Å². The number of aromatic nitrogens is 4. The molecule has 0 aliphatic rings. The minimum Gasteiger partial charge on any atom is -0.463 e. The fourth-order valence-electron chi connectivity index (χ4n) is 3.24. The highest BCUT2D eigenvalue weighted by Gasteiger charge is 2.24. The Morgan fingerprint density at radius 2 is 1.79 bits per heavy atom. The first-order chi connectivity index (χ1) is 15.8. The minimum absolute atomic E-state index is 0.0433. The molecule has 4 rings (SSSR count). The van der Waals surface area contributed by atoms with E-state index in [1.54, 1.807) is 36.4 Å². The van der Waals surface area contributed by atoms with Gasteiger partial charge in [0.25, 0.3) is 5.56 Å². The molecule has 0 saturated heterocycles. The van der Waals surface area contributed by atoms with E-state index >= 15 is 0 Å². The number of hydrogen-bond donors (Lipinski definition) is 1. The molecule has 0 aliphatic carbocycles. The second-order valence-electron chi connectivity index (χ2n) is 7.10. The van der Waals surface area contributed by atoms with Crippen LogP contribution in [0.2, 0.25) is 0 Å². The molecule has 168 valence electrons. The average Bonchev–Trinajstić information content (AvgIpc) is 3.51. The number of ketones is 1. The lowest BCUT2D eigenvalue weighted by molar-refractivity contribution is 0.0465. The fraction of sp³-hybridized carbons (Fsp3) is 0.136. The lowest BCUT2D eigenvalue weighted by atomic mass is 10.2. The van der Waals surface area contributed by atoms with Crippen LogP contribution in [0.15, 0.2) is 68.8 Å². The minimum atomic E-state index is -0.869. The number of anilines is 1. The van der Waals surface area contributed by atoms with E-state index in [0.717, 1.165) is 9.13 Å². The van der Waals surface area contributed by atoms with Gasteiger partial charge in [-0.3, -0.25) is 18.7 Å². The molecule has 0 fully saturated rings. The third-order valence-electron chi connectivity index (χ3n) is 5.02. The second kappa shape index (κ2) is 8.46. The van der Waals surface area contributed by atoms with E-state index in [4.69, 9.17) is 14.9 Å². The van der Waals surface area contributed by atoms with Crippen molar-refractivity contribution in [3.8, 4) is 17.1 Å². The van der Waals surface area contributed by atoms with Gasteiger partial charge in [-0.25, -0.2) is 14.3 Å². The summed E-state index contributed by atoms with van der Waals surface area (Å²) in [6, 6.07) is 13.7. The molecule has 11 nitrogen and oxygen atoms in total. The number of nitrogen functional groups attached to an aromatic ring is 1. The molecule has 0 atom stereocenters. The van der Waals surface area contributed by atoms with Crippen LogP contribution in [0.25, 0.3) is 17.1 Å². The van der Waals surface area contributed by atoms with Crippen LogP contribution in [0.4, 0.5) is 5.82 Å². The summed E-state index contributed by atoms with van der Waals surface area (Å²) in [4.78, 5) is 49.9. The van der Waals surface area contributed by atoms with Crippen LogP contribution in [0, 0.1) is 0 Å². The molecule has 0 saturated carbocycles. The lowest BCUT2D eigenvalue weighted by Crippen LogP contribution is -2.42. The fourth-order valence-corrected chi connectivity index (χ4v) is 3.24. The Kier molecular flexibility index (Phi) is 5.53. The van der Waals surface area contributed by atoms with Crippen molar-refractivity contribution in [3.05, 3.63) is 86.9 Å². The Labute approximate surface area is 186 Å². The molecule has 4 aromatic rings. The van der Waals surface area contributed by atoms with Crippen molar-refractivity contribution in [2.45, 2.75) is 0 Å². The van der Waals surface area contributed by atoms with Crippen molar-refractivity contribution in [2.24, 2.45) is 14.1 Å². The number of nitrogens with two attached hydrogens (primary N) is 1. The Morgan fingerprint density at radius 1 is 1.06 bits per heavy atom. The standard InChI is InChI=1S/C22H19N5O6/c1-25-19(23)18(20(29)26(2)22(25)31)16(28)12-33-21(30)15-11-14(17-9-6-10-32-17)24-27(15)13-7-4-3-5-8-13/h3-11H,12,23H2,1-2H3. The zero-order valence-corrected chi connectivity index (χ0v) is 17.7. The normalized spacial score (nSPS) is 10.8. The van der Waals surface area contributed by atoms with Crippen LogP contribution in [0.5, 0.6) is 0 Å². The number of carbonyl (C=O) groups excluding carboxylic acids is 2. The van der Waals surface area contributed by atoms with Gasteiger partial charge in [0.1, 0.15) is 17.1 Å². The number of esters is 1. The number of rotatable bonds is 6. The molecule has 0 aliphatic heterocycles. The summed E-state index contributed by atoms with van der Waals surface area (Å²) in [5, 5.41) is 4.42. The predicted molar refractivity (Wildman–Crippen MR) is 117 cm³/mol. The number of furan rings is 1. The van der Waals surface area contributed by atoms with Crippen molar-refractivity contribution in [3.63, 3.8) is 0 Å². The van der Waals surface area contributed by atoms with Crippen molar-refractivity contribution >= 4 is 17.6 Å². The maximum Gasteiger partial charge on any atom is 0.357 e. The maximum absolute atomic E-state index is 12.9. The largest absolute Gasteiger partial charge is 0.463 e. The van der Waals surface area contributed by atoms with Gasteiger partial charge in [0.15, 0.2) is 18.1 Å². The summed E-state index contributed by atoms with van der Waals surface area (Å²) in [6.45, 7) is -0.757. The molecule has 0 spiro atoms. The van der Waals surface area contributed by atoms with Gasteiger partial charge in [-0.2, -0.15) is 5.10 Å². The Balaban J connectivity index is 1.64. The van der Waals surface area contributed by atoms with E-state index in [0.29, 0.717) is 17.1 Å². The highest BCUT2D eigenvalue weighted by Crippen LogP contribution is 2.22. The third kappa shape index (κ3) is 3.87. The highest BCUT2D eigenvalue weighted by molar-refractivity contribution is 6.02. The van der Waals surface area contributed by atoms with Crippen molar-refractivity contribution in [1.29, 1.82) is 0 Å². The summed E-state index contributed by atoms with van der Waals surface area (Å²) >= 11 is 0. The zero-order valence-electron chi connectivity index (χ0n) is 17.7.